The van der Waals surface area contributed by atoms with E-state index in [1.807, 2.05) is 12.1 Å². The first kappa shape index (κ1) is 20.4. The smallest absolute Gasteiger partial charge is 0.255 e. The number of nitrogens with one attached hydrogen (secondary N) is 1. The van der Waals surface area contributed by atoms with Gasteiger partial charge in [0.05, 0.1) is 24.7 Å². The highest BCUT2D eigenvalue weighted by atomic mass is 16.5. The van der Waals surface area contributed by atoms with Gasteiger partial charge in [-0.3, -0.25) is 9.69 Å². The minimum Gasteiger partial charge on any atom is -0.497 e. The van der Waals surface area contributed by atoms with Gasteiger partial charge in [-0.05, 0) is 75.3 Å². The summed E-state index contributed by atoms with van der Waals surface area (Å²) >= 11 is 0. The summed E-state index contributed by atoms with van der Waals surface area (Å²) in [5, 5.41) is 2.98. The average Bonchev–Trinajstić information content (AvgIpc) is 2.91. The number of hydrogen-bond donors (Lipinski definition) is 1. The summed E-state index contributed by atoms with van der Waals surface area (Å²) in [6.07, 6.45) is 5.21. The molecule has 1 fully saturated rings. The molecular weight excluding hydrogens is 376 g/mol. The number of methoxy groups -OCH3 is 1. The van der Waals surface area contributed by atoms with Crippen LogP contribution in [0, 0.1) is 0 Å². The molecule has 1 aliphatic heterocycles. The van der Waals surface area contributed by atoms with Crippen molar-refractivity contribution in [1.29, 1.82) is 0 Å². The molecule has 4 rings (SSSR count). The summed E-state index contributed by atoms with van der Waals surface area (Å²) in [5.74, 6) is 1.69. The molecular formula is C24H30N4O2. The molecule has 1 saturated heterocycles. The molecule has 3 aromatic rings. The van der Waals surface area contributed by atoms with Gasteiger partial charge in [-0.1, -0.05) is 12.8 Å². The molecule has 158 valence electrons. The highest BCUT2D eigenvalue weighted by molar-refractivity contribution is 6.05. The average molecular weight is 407 g/mol. The van der Waals surface area contributed by atoms with E-state index in [4.69, 9.17) is 9.72 Å². The number of nitrogens with zero attached hydrogens (tertiary/aromatic N) is 3. The van der Waals surface area contributed by atoms with Gasteiger partial charge in [0.25, 0.3) is 5.91 Å². The van der Waals surface area contributed by atoms with Crippen LogP contribution in [-0.4, -0.2) is 40.6 Å². The van der Waals surface area contributed by atoms with E-state index in [0.717, 1.165) is 54.5 Å². The second kappa shape index (κ2) is 9.30. The summed E-state index contributed by atoms with van der Waals surface area (Å²) in [6.45, 7) is 6.23. The van der Waals surface area contributed by atoms with Crippen molar-refractivity contribution in [1.82, 2.24) is 14.5 Å². The Bertz CT molecular complexity index is 1000. The SMILES string of the molecule is CCn1c(CN2CCCCCC2)nc2cc(NC(=O)c3ccc(OC)cc3)ccc21. The van der Waals surface area contributed by atoms with Crippen LogP contribution in [0.1, 0.15) is 48.8 Å². The third-order valence-corrected chi connectivity index (χ3v) is 5.82. The molecule has 2 heterocycles. The maximum Gasteiger partial charge on any atom is 0.255 e. The van der Waals surface area contributed by atoms with Crippen molar-refractivity contribution in [3.63, 3.8) is 0 Å². The molecule has 1 amide bonds. The molecule has 1 N–H and O–H groups in total. The van der Waals surface area contributed by atoms with Gasteiger partial charge in [0.1, 0.15) is 11.6 Å². The third kappa shape index (κ3) is 4.49. The van der Waals surface area contributed by atoms with Crippen LogP contribution in [0.15, 0.2) is 42.5 Å². The number of imidazole rings is 1. The number of amides is 1. The Morgan fingerprint density at radius 3 is 2.47 bits per heavy atom. The zero-order valence-corrected chi connectivity index (χ0v) is 17.9. The maximum absolute atomic E-state index is 12.6. The Morgan fingerprint density at radius 2 is 1.80 bits per heavy atom. The van der Waals surface area contributed by atoms with Crippen LogP contribution in [0.5, 0.6) is 5.75 Å². The fourth-order valence-electron chi connectivity index (χ4n) is 4.17. The normalized spacial score (nSPS) is 15.1. The molecule has 30 heavy (non-hydrogen) atoms. The van der Waals surface area contributed by atoms with Gasteiger partial charge in [-0.25, -0.2) is 4.98 Å². The molecule has 2 aromatic carbocycles. The highest BCUT2D eigenvalue weighted by Gasteiger charge is 2.16. The van der Waals surface area contributed by atoms with Crippen molar-refractivity contribution in [2.75, 3.05) is 25.5 Å². The summed E-state index contributed by atoms with van der Waals surface area (Å²) in [7, 11) is 1.61. The number of fused-ring (bicyclic) bond motifs is 1. The van der Waals surface area contributed by atoms with Crippen LogP contribution in [0.2, 0.25) is 0 Å². The first-order valence-corrected chi connectivity index (χ1v) is 10.8. The van der Waals surface area contributed by atoms with Crippen molar-refractivity contribution in [3.05, 3.63) is 53.9 Å². The molecule has 0 spiro atoms. The van der Waals surface area contributed by atoms with E-state index in [2.05, 4.69) is 27.8 Å². The Kier molecular flexibility index (Phi) is 6.33. The number of benzene rings is 2. The third-order valence-electron chi connectivity index (χ3n) is 5.82. The maximum atomic E-state index is 12.6. The van der Waals surface area contributed by atoms with Crippen molar-refractivity contribution in [2.45, 2.75) is 45.7 Å². The number of ether oxygens (including phenoxy) is 1. The van der Waals surface area contributed by atoms with Crippen LogP contribution in [0.25, 0.3) is 11.0 Å². The van der Waals surface area contributed by atoms with Crippen molar-refractivity contribution in [3.8, 4) is 5.75 Å². The van der Waals surface area contributed by atoms with Gasteiger partial charge < -0.3 is 14.6 Å². The molecule has 1 aliphatic rings. The lowest BCUT2D eigenvalue weighted by atomic mass is 10.2. The molecule has 0 aliphatic carbocycles. The fourth-order valence-corrected chi connectivity index (χ4v) is 4.17. The predicted octanol–water partition coefficient (Wildman–Crippen LogP) is 4.69. The lowest BCUT2D eigenvalue weighted by molar-refractivity contribution is 0.102. The number of aryl methyl sites for hydroxylation is 1. The Labute approximate surface area is 177 Å². The van der Waals surface area contributed by atoms with Crippen molar-refractivity contribution >= 4 is 22.6 Å². The van der Waals surface area contributed by atoms with Gasteiger partial charge in [0, 0.05) is 17.8 Å². The lowest BCUT2D eigenvalue weighted by Gasteiger charge is -2.19. The first-order chi connectivity index (χ1) is 14.7. The molecule has 0 radical (unpaired) electrons. The number of carbonyl (C=O) groups is 1. The minimum absolute atomic E-state index is 0.142. The second-order valence-corrected chi connectivity index (χ2v) is 7.85. The van der Waals surface area contributed by atoms with Crippen LogP contribution in [-0.2, 0) is 13.1 Å². The topological polar surface area (TPSA) is 59.4 Å². The molecule has 6 heteroatoms. The zero-order valence-electron chi connectivity index (χ0n) is 17.9. The first-order valence-electron chi connectivity index (χ1n) is 10.8. The number of likely N-dealkylation sites (tertiary alicyclic amines) is 1. The van der Waals surface area contributed by atoms with E-state index in [1.165, 1.54) is 25.7 Å². The number of hydrogen-bond acceptors (Lipinski definition) is 4. The summed E-state index contributed by atoms with van der Waals surface area (Å²) in [6, 6.07) is 13.1. The van der Waals surface area contributed by atoms with Crippen LogP contribution in [0.3, 0.4) is 0 Å². The van der Waals surface area contributed by atoms with Gasteiger partial charge in [0.15, 0.2) is 0 Å². The molecule has 0 saturated carbocycles. The Hall–Kier alpha value is -2.86. The van der Waals surface area contributed by atoms with Crippen LogP contribution < -0.4 is 10.1 Å². The molecule has 0 bridgehead atoms. The fraction of sp³-hybridized carbons (Fsp3) is 0.417. The minimum atomic E-state index is -0.142. The summed E-state index contributed by atoms with van der Waals surface area (Å²) < 4.78 is 7.44. The molecule has 0 unspecified atom stereocenters. The molecule has 6 nitrogen and oxygen atoms in total. The highest BCUT2D eigenvalue weighted by Crippen LogP contribution is 2.23. The number of carbonyl (C=O) groups excluding carboxylic acids is 1. The zero-order chi connectivity index (χ0) is 20.9. The van der Waals surface area contributed by atoms with E-state index in [1.54, 1.807) is 31.4 Å². The summed E-state index contributed by atoms with van der Waals surface area (Å²) in [5.41, 5.74) is 3.39. The van der Waals surface area contributed by atoms with Gasteiger partial charge in [-0.2, -0.15) is 0 Å². The van der Waals surface area contributed by atoms with E-state index in [0.29, 0.717) is 5.56 Å². The summed E-state index contributed by atoms with van der Waals surface area (Å²) in [4.78, 5) is 20.0. The largest absolute Gasteiger partial charge is 0.497 e. The quantitative estimate of drug-likeness (QED) is 0.645. The predicted molar refractivity (Wildman–Crippen MR) is 120 cm³/mol. The van der Waals surface area contributed by atoms with Gasteiger partial charge in [0.2, 0.25) is 0 Å². The van der Waals surface area contributed by atoms with E-state index in [-0.39, 0.29) is 5.91 Å². The van der Waals surface area contributed by atoms with Crippen LogP contribution >= 0.6 is 0 Å². The second-order valence-electron chi connectivity index (χ2n) is 7.85. The number of anilines is 1. The van der Waals surface area contributed by atoms with E-state index in [9.17, 15) is 4.79 Å². The molecule has 0 atom stereocenters. The number of aromatic nitrogens is 2. The van der Waals surface area contributed by atoms with Crippen molar-refractivity contribution < 1.29 is 9.53 Å². The standard InChI is InChI=1S/C24H30N4O2/c1-3-28-22-13-10-19(25-24(29)18-8-11-20(30-2)12-9-18)16-21(22)26-23(28)17-27-14-6-4-5-7-15-27/h8-13,16H,3-7,14-15,17H2,1-2H3,(H,25,29). The van der Waals surface area contributed by atoms with Gasteiger partial charge >= 0.3 is 0 Å². The van der Waals surface area contributed by atoms with E-state index < -0.39 is 0 Å². The Morgan fingerprint density at radius 1 is 1.07 bits per heavy atom. The molecule has 1 aromatic heterocycles. The lowest BCUT2D eigenvalue weighted by Crippen LogP contribution is -2.25. The monoisotopic (exact) mass is 406 g/mol. The van der Waals surface area contributed by atoms with Crippen molar-refractivity contribution in [2.24, 2.45) is 0 Å². The van der Waals surface area contributed by atoms with Crippen LogP contribution in [0.4, 0.5) is 5.69 Å². The Balaban J connectivity index is 1.53. The van der Waals surface area contributed by atoms with E-state index >= 15 is 0 Å². The number of rotatable bonds is 6. The van der Waals surface area contributed by atoms with Gasteiger partial charge in [-0.15, -0.1) is 0 Å².